The number of benzene rings is 3. The van der Waals surface area contributed by atoms with Gasteiger partial charge in [-0.2, -0.15) is 0 Å². The molecule has 156 valence electrons. The molecular formula is C26H23NO4. The fourth-order valence-corrected chi connectivity index (χ4v) is 3.89. The fraction of sp³-hybridized carbons (Fsp3) is 0.154. The van der Waals surface area contributed by atoms with Gasteiger partial charge < -0.3 is 14.7 Å². The Hall–Kier alpha value is -3.86. The van der Waals surface area contributed by atoms with Crippen LogP contribution in [0, 0.1) is 0 Å². The highest BCUT2D eigenvalue weighted by Gasteiger charge is 2.45. The lowest BCUT2D eigenvalue weighted by atomic mass is 9.95. The van der Waals surface area contributed by atoms with Gasteiger partial charge in [-0.1, -0.05) is 72.8 Å². The molecule has 31 heavy (non-hydrogen) atoms. The Morgan fingerprint density at radius 2 is 1.52 bits per heavy atom. The Bertz CT molecular complexity index is 1110. The zero-order chi connectivity index (χ0) is 21.8. The van der Waals surface area contributed by atoms with Crippen molar-refractivity contribution < 1.29 is 19.4 Å². The van der Waals surface area contributed by atoms with Crippen LogP contribution in [0.1, 0.15) is 22.7 Å². The van der Waals surface area contributed by atoms with E-state index in [0.29, 0.717) is 18.5 Å². The van der Waals surface area contributed by atoms with Gasteiger partial charge in [0.15, 0.2) is 0 Å². The number of likely N-dealkylation sites (tertiary alicyclic amines) is 1. The number of ether oxygens (including phenoxy) is 1. The van der Waals surface area contributed by atoms with Crippen molar-refractivity contribution in [3.8, 4) is 5.75 Å². The van der Waals surface area contributed by atoms with E-state index in [1.807, 2.05) is 60.7 Å². The quantitative estimate of drug-likeness (QED) is 0.370. The van der Waals surface area contributed by atoms with E-state index >= 15 is 0 Å². The van der Waals surface area contributed by atoms with Crippen molar-refractivity contribution in [3.05, 3.63) is 107 Å². The zero-order valence-corrected chi connectivity index (χ0v) is 17.2. The predicted octanol–water partition coefficient (Wildman–Crippen LogP) is 4.36. The lowest BCUT2D eigenvalue weighted by Crippen LogP contribution is -2.31. The molecule has 3 aromatic rings. The third-order valence-corrected chi connectivity index (χ3v) is 5.50. The maximum absolute atomic E-state index is 13.0. The molecular weight excluding hydrogens is 390 g/mol. The minimum absolute atomic E-state index is 0.122. The number of aliphatic hydroxyl groups excluding tert-OH is 1. The molecule has 1 fully saturated rings. The third-order valence-electron chi connectivity index (χ3n) is 5.50. The van der Waals surface area contributed by atoms with Gasteiger partial charge in [-0.3, -0.25) is 9.59 Å². The van der Waals surface area contributed by atoms with Crippen molar-refractivity contribution in [3.63, 3.8) is 0 Å². The molecule has 4 rings (SSSR count). The number of aliphatic hydroxyl groups is 1. The Morgan fingerprint density at radius 1 is 0.903 bits per heavy atom. The Kier molecular flexibility index (Phi) is 5.85. The van der Waals surface area contributed by atoms with Gasteiger partial charge in [0.05, 0.1) is 18.7 Å². The number of carbonyl (C=O) groups excluding carboxylic acids is 2. The highest BCUT2D eigenvalue weighted by atomic mass is 16.5. The molecule has 1 N–H and O–H groups in total. The minimum atomic E-state index is -0.662. The van der Waals surface area contributed by atoms with Gasteiger partial charge >= 0.3 is 0 Å². The van der Waals surface area contributed by atoms with Gasteiger partial charge in [0.1, 0.15) is 11.5 Å². The maximum Gasteiger partial charge on any atom is 0.295 e. The van der Waals surface area contributed by atoms with Gasteiger partial charge in [-0.25, -0.2) is 0 Å². The van der Waals surface area contributed by atoms with E-state index in [9.17, 15) is 14.7 Å². The van der Waals surface area contributed by atoms with Gasteiger partial charge in [0.25, 0.3) is 11.7 Å². The van der Waals surface area contributed by atoms with Crippen molar-refractivity contribution in [2.45, 2.75) is 12.5 Å². The molecule has 0 aliphatic carbocycles. The minimum Gasteiger partial charge on any atom is -0.507 e. The maximum atomic E-state index is 13.0. The second-order valence-electron chi connectivity index (χ2n) is 7.37. The van der Waals surface area contributed by atoms with E-state index in [1.165, 1.54) is 0 Å². The molecule has 5 heteroatoms. The van der Waals surface area contributed by atoms with E-state index < -0.39 is 17.7 Å². The van der Waals surface area contributed by atoms with Crippen LogP contribution in [0.3, 0.4) is 0 Å². The van der Waals surface area contributed by atoms with Crippen LogP contribution < -0.4 is 4.74 Å². The van der Waals surface area contributed by atoms with E-state index in [4.69, 9.17) is 4.74 Å². The summed E-state index contributed by atoms with van der Waals surface area (Å²) in [5, 5.41) is 11.0. The van der Waals surface area contributed by atoms with Crippen LogP contribution in [0.15, 0.2) is 90.5 Å². The van der Waals surface area contributed by atoms with Crippen LogP contribution in [-0.4, -0.2) is 35.4 Å². The number of Topliss-reactive ketones (excluding diaryl/α,β-unsaturated/α-hetero) is 1. The summed E-state index contributed by atoms with van der Waals surface area (Å²) in [5.74, 6) is -0.652. The van der Waals surface area contributed by atoms with Crippen LogP contribution in [0.25, 0.3) is 5.76 Å². The Balaban J connectivity index is 1.71. The highest BCUT2D eigenvalue weighted by Crippen LogP contribution is 2.39. The molecule has 0 aromatic heterocycles. The molecule has 1 saturated heterocycles. The summed E-state index contributed by atoms with van der Waals surface area (Å²) in [6.07, 6.45) is 0.575. The number of nitrogens with zero attached hydrogens (tertiary/aromatic N) is 1. The molecule has 0 spiro atoms. The number of carbonyl (C=O) groups is 2. The number of hydrogen-bond donors (Lipinski definition) is 1. The summed E-state index contributed by atoms with van der Waals surface area (Å²) in [6, 6.07) is 25.2. The van der Waals surface area contributed by atoms with Crippen LogP contribution >= 0.6 is 0 Å². The van der Waals surface area contributed by atoms with Crippen LogP contribution in [-0.2, 0) is 16.0 Å². The number of rotatable bonds is 6. The molecule has 1 atom stereocenters. The van der Waals surface area contributed by atoms with E-state index in [1.54, 1.807) is 36.3 Å². The van der Waals surface area contributed by atoms with Crippen LogP contribution in [0.2, 0.25) is 0 Å². The lowest BCUT2D eigenvalue weighted by Gasteiger charge is -2.25. The first-order valence-corrected chi connectivity index (χ1v) is 10.1. The summed E-state index contributed by atoms with van der Waals surface area (Å²) >= 11 is 0. The molecule has 0 bridgehead atoms. The number of amides is 1. The smallest absolute Gasteiger partial charge is 0.295 e. The summed E-state index contributed by atoms with van der Waals surface area (Å²) in [5.41, 5.74) is 2.44. The molecule has 1 unspecified atom stereocenters. The standard InChI is InChI=1S/C26H23NO4/c1-31-21-14-12-18(13-15-21)16-17-27-23(19-8-4-2-5-9-19)22(25(29)26(27)30)24(28)20-10-6-3-7-11-20/h2-15,23,28H,16-17H2,1H3. The fourth-order valence-electron chi connectivity index (χ4n) is 3.89. The molecule has 1 aliphatic rings. The number of methoxy groups -OCH3 is 1. The van der Waals surface area contributed by atoms with Crippen molar-refractivity contribution >= 4 is 17.4 Å². The zero-order valence-electron chi connectivity index (χ0n) is 17.2. The van der Waals surface area contributed by atoms with Crippen LogP contribution in [0.5, 0.6) is 5.75 Å². The molecule has 1 aliphatic heterocycles. The van der Waals surface area contributed by atoms with Gasteiger partial charge in [-0.05, 0) is 29.7 Å². The third kappa shape index (κ3) is 4.08. The van der Waals surface area contributed by atoms with Crippen LogP contribution in [0.4, 0.5) is 0 Å². The Labute approximate surface area is 181 Å². The second-order valence-corrected chi connectivity index (χ2v) is 7.37. The van der Waals surface area contributed by atoms with Gasteiger partial charge in [-0.15, -0.1) is 0 Å². The van der Waals surface area contributed by atoms with Gasteiger partial charge in [0.2, 0.25) is 0 Å². The van der Waals surface area contributed by atoms with Crippen molar-refractivity contribution in [1.82, 2.24) is 4.90 Å². The first kappa shape index (κ1) is 20.4. The number of ketones is 1. The van der Waals surface area contributed by atoms with E-state index in [2.05, 4.69) is 0 Å². The first-order chi connectivity index (χ1) is 15.1. The molecule has 0 saturated carbocycles. The summed E-state index contributed by atoms with van der Waals surface area (Å²) < 4.78 is 5.19. The molecule has 0 radical (unpaired) electrons. The largest absolute Gasteiger partial charge is 0.507 e. The normalized spacial score (nSPS) is 17.7. The van der Waals surface area contributed by atoms with Crippen molar-refractivity contribution in [2.75, 3.05) is 13.7 Å². The summed E-state index contributed by atoms with van der Waals surface area (Å²) in [6.45, 7) is 0.349. The summed E-state index contributed by atoms with van der Waals surface area (Å²) in [7, 11) is 1.61. The first-order valence-electron chi connectivity index (χ1n) is 10.1. The van der Waals surface area contributed by atoms with E-state index in [-0.39, 0.29) is 11.3 Å². The highest BCUT2D eigenvalue weighted by molar-refractivity contribution is 6.46. The molecule has 5 nitrogen and oxygen atoms in total. The molecule has 3 aromatic carbocycles. The molecule has 1 amide bonds. The lowest BCUT2D eigenvalue weighted by molar-refractivity contribution is -0.139. The Morgan fingerprint density at radius 3 is 2.13 bits per heavy atom. The van der Waals surface area contributed by atoms with Gasteiger partial charge in [0, 0.05) is 12.1 Å². The average molecular weight is 413 g/mol. The molecule has 1 heterocycles. The van der Waals surface area contributed by atoms with Crippen molar-refractivity contribution in [1.29, 1.82) is 0 Å². The topological polar surface area (TPSA) is 66.8 Å². The SMILES string of the molecule is COc1ccc(CCN2C(=O)C(=O)C(=C(O)c3ccccc3)C2c2ccccc2)cc1. The van der Waals surface area contributed by atoms with Crippen molar-refractivity contribution in [2.24, 2.45) is 0 Å². The average Bonchev–Trinajstić information content (AvgIpc) is 3.08. The second kappa shape index (κ2) is 8.88. The van der Waals surface area contributed by atoms with E-state index in [0.717, 1.165) is 16.9 Å². The predicted molar refractivity (Wildman–Crippen MR) is 119 cm³/mol. The summed E-state index contributed by atoms with van der Waals surface area (Å²) in [4.78, 5) is 27.5. The number of hydrogen-bond acceptors (Lipinski definition) is 4. The monoisotopic (exact) mass is 413 g/mol.